The summed E-state index contributed by atoms with van der Waals surface area (Å²) in [5, 5.41) is 10.3. The highest BCUT2D eigenvalue weighted by atomic mass is 32.2. The first-order chi connectivity index (χ1) is 11.3. The van der Waals surface area contributed by atoms with Crippen molar-refractivity contribution in [3.63, 3.8) is 0 Å². The van der Waals surface area contributed by atoms with Crippen LogP contribution in [-0.4, -0.2) is 38.1 Å². The number of ether oxygens (including phenoxy) is 1. The molecule has 0 bridgehead atoms. The van der Waals surface area contributed by atoms with E-state index in [1.54, 1.807) is 31.3 Å². The molecule has 3 rings (SSSR count). The number of nitrogens with zero attached hydrogens (tertiary/aromatic N) is 2. The predicted octanol–water partition coefficient (Wildman–Crippen LogP) is 0.952. The average molecular weight is 349 g/mol. The summed E-state index contributed by atoms with van der Waals surface area (Å²) in [6.45, 7) is 1.30. The zero-order chi connectivity index (χ0) is 17.5. The Bertz CT molecular complexity index is 886. The van der Waals surface area contributed by atoms with Crippen LogP contribution in [-0.2, 0) is 15.0 Å². The van der Waals surface area contributed by atoms with Gasteiger partial charge in [-0.15, -0.1) is 0 Å². The van der Waals surface area contributed by atoms with Gasteiger partial charge in [-0.1, -0.05) is 0 Å². The number of methoxy groups -OCH3 is 1. The molecule has 1 amide bonds. The molecule has 9 heteroatoms. The highest BCUT2D eigenvalue weighted by Gasteiger charge is 2.36. The van der Waals surface area contributed by atoms with Crippen LogP contribution in [0.5, 0.6) is 11.6 Å². The summed E-state index contributed by atoms with van der Waals surface area (Å²) in [5.74, 6) is -0.415. The number of carbonyl (C=O) groups is 1. The average Bonchev–Trinajstić information content (AvgIpc) is 2.79. The van der Waals surface area contributed by atoms with Gasteiger partial charge in [-0.3, -0.25) is 4.79 Å². The SMILES string of the molecule is COc1ccc(-c2cc(C)c(N3CC(=O)NS3(=O)=O)c(O)c2)cn1. The first-order valence-electron chi connectivity index (χ1n) is 6.99. The molecule has 0 unspecified atom stereocenters. The quantitative estimate of drug-likeness (QED) is 0.854. The lowest BCUT2D eigenvalue weighted by molar-refractivity contribution is -0.117. The molecule has 1 aliphatic heterocycles. The van der Waals surface area contributed by atoms with Crippen LogP contribution in [0.15, 0.2) is 30.5 Å². The number of anilines is 1. The van der Waals surface area contributed by atoms with Gasteiger partial charge in [0.05, 0.1) is 12.8 Å². The van der Waals surface area contributed by atoms with Crippen LogP contribution in [0.25, 0.3) is 11.1 Å². The first kappa shape index (κ1) is 16.1. The summed E-state index contributed by atoms with van der Waals surface area (Å²) >= 11 is 0. The molecule has 0 spiro atoms. The molecule has 1 fully saturated rings. The van der Waals surface area contributed by atoms with E-state index in [1.807, 2.05) is 4.72 Å². The van der Waals surface area contributed by atoms with E-state index in [-0.39, 0.29) is 18.0 Å². The number of phenolic OH excluding ortho intramolecular Hbond substituents is 1. The number of amides is 1. The van der Waals surface area contributed by atoms with Crippen molar-refractivity contribution in [1.29, 1.82) is 0 Å². The standard InChI is InChI=1S/C15H15N3O5S/c1-9-5-11(10-3-4-14(23-2)16-7-10)6-12(19)15(9)18-8-13(20)17-24(18,21)22/h3-7,19H,8H2,1-2H3,(H,17,20). The molecule has 2 aromatic rings. The molecule has 1 saturated heterocycles. The molecular formula is C15H15N3O5S. The summed E-state index contributed by atoms with van der Waals surface area (Å²) in [6, 6.07) is 6.61. The lowest BCUT2D eigenvalue weighted by Crippen LogP contribution is -2.30. The number of rotatable bonds is 3. The molecule has 24 heavy (non-hydrogen) atoms. The van der Waals surface area contributed by atoms with E-state index in [0.29, 0.717) is 17.0 Å². The lowest BCUT2D eigenvalue weighted by atomic mass is 10.0. The Morgan fingerprint density at radius 2 is 2.04 bits per heavy atom. The highest BCUT2D eigenvalue weighted by molar-refractivity contribution is 7.92. The van der Waals surface area contributed by atoms with Gasteiger partial charge in [-0.2, -0.15) is 8.42 Å². The number of carbonyl (C=O) groups excluding carboxylic acids is 1. The minimum atomic E-state index is -3.98. The minimum Gasteiger partial charge on any atom is -0.506 e. The van der Waals surface area contributed by atoms with Gasteiger partial charge >= 0.3 is 10.2 Å². The van der Waals surface area contributed by atoms with E-state index >= 15 is 0 Å². The highest BCUT2D eigenvalue weighted by Crippen LogP contribution is 2.37. The van der Waals surface area contributed by atoms with Crippen molar-refractivity contribution >= 4 is 21.8 Å². The summed E-state index contributed by atoms with van der Waals surface area (Å²) in [6.07, 6.45) is 1.59. The number of aromatic nitrogens is 1. The molecule has 2 heterocycles. The Morgan fingerprint density at radius 3 is 2.54 bits per heavy atom. The zero-order valence-corrected chi connectivity index (χ0v) is 13.8. The molecule has 0 aliphatic carbocycles. The third kappa shape index (κ3) is 2.73. The molecule has 1 aromatic heterocycles. The number of phenols is 1. The molecule has 2 N–H and O–H groups in total. The Labute approximate surface area is 138 Å². The van der Waals surface area contributed by atoms with Crippen molar-refractivity contribution in [3.05, 3.63) is 36.0 Å². The Hall–Kier alpha value is -2.81. The second-order valence-corrected chi connectivity index (χ2v) is 6.88. The topological polar surface area (TPSA) is 109 Å². The van der Waals surface area contributed by atoms with Gasteiger partial charge in [0.2, 0.25) is 5.88 Å². The van der Waals surface area contributed by atoms with Gasteiger partial charge in [-0.05, 0) is 36.2 Å². The summed E-state index contributed by atoms with van der Waals surface area (Å²) in [7, 11) is -2.46. The van der Waals surface area contributed by atoms with Gasteiger partial charge in [-0.25, -0.2) is 14.0 Å². The number of pyridine rings is 1. The van der Waals surface area contributed by atoms with Crippen LogP contribution < -0.4 is 13.8 Å². The minimum absolute atomic E-state index is 0.0820. The van der Waals surface area contributed by atoms with Crippen LogP contribution in [0.4, 0.5) is 5.69 Å². The van der Waals surface area contributed by atoms with E-state index in [0.717, 1.165) is 9.87 Å². The summed E-state index contributed by atoms with van der Waals surface area (Å²) in [4.78, 5) is 15.5. The predicted molar refractivity (Wildman–Crippen MR) is 87.0 cm³/mol. The van der Waals surface area contributed by atoms with E-state index in [2.05, 4.69) is 4.98 Å². The van der Waals surface area contributed by atoms with Gasteiger partial charge in [0.15, 0.2) is 0 Å². The Kier molecular flexibility index (Phi) is 3.80. The fraction of sp³-hybridized carbons (Fsp3) is 0.200. The van der Waals surface area contributed by atoms with Gasteiger partial charge < -0.3 is 9.84 Å². The second kappa shape index (κ2) is 5.68. The van der Waals surface area contributed by atoms with Crippen LogP contribution >= 0.6 is 0 Å². The van der Waals surface area contributed by atoms with Gasteiger partial charge in [0.25, 0.3) is 5.91 Å². The van der Waals surface area contributed by atoms with Crippen LogP contribution in [0.1, 0.15) is 5.56 Å². The van der Waals surface area contributed by atoms with Gasteiger partial charge in [0, 0.05) is 17.8 Å². The van der Waals surface area contributed by atoms with Crippen molar-refractivity contribution in [2.45, 2.75) is 6.92 Å². The number of aromatic hydroxyl groups is 1. The summed E-state index contributed by atoms with van der Waals surface area (Å²) < 4.78 is 31.7. The zero-order valence-electron chi connectivity index (χ0n) is 13.0. The van der Waals surface area contributed by atoms with Crippen molar-refractivity contribution in [2.75, 3.05) is 18.0 Å². The maximum atomic E-state index is 12.0. The Balaban J connectivity index is 2.04. The molecule has 1 aliphatic rings. The number of benzene rings is 1. The maximum Gasteiger partial charge on any atom is 0.326 e. The first-order valence-corrected chi connectivity index (χ1v) is 8.43. The molecular weight excluding hydrogens is 334 g/mol. The molecule has 8 nitrogen and oxygen atoms in total. The fourth-order valence-electron chi connectivity index (χ4n) is 2.57. The van der Waals surface area contributed by atoms with Crippen LogP contribution in [0.3, 0.4) is 0 Å². The van der Waals surface area contributed by atoms with Crippen LogP contribution in [0, 0.1) is 6.92 Å². The van der Waals surface area contributed by atoms with E-state index in [9.17, 15) is 18.3 Å². The smallest absolute Gasteiger partial charge is 0.326 e. The summed E-state index contributed by atoms with van der Waals surface area (Å²) in [5.41, 5.74) is 2.00. The fourth-order valence-corrected chi connectivity index (χ4v) is 3.80. The maximum absolute atomic E-state index is 12.0. The second-order valence-electron chi connectivity index (χ2n) is 5.29. The van der Waals surface area contributed by atoms with E-state index < -0.39 is 16.1 Å². The third-order valence-corrected chi connectivity index (χ3v) is 5.01. The number of aryl methyl sites for hydroxylation is 1. The normalized spacial score (nSPS) is 16.1. The molecule has 0 radical (unpaired) electrons. The third-order valence-electron chi connectivity index (χ3n) is 3.63. The van der Waals surface area contributed by atoms with Crippen molar-refractivity contribution in [2.24, 2.45) is 0 Å². The van der Waals surface area contributed by atoms with Crippen molar-refractivity contribution in [3.8, 4) is 22.8 Å². The lowest BCUT2D eigenvalue weighted by Gasteiger charge is -2.19. The monoisotopic (exact) mass is 349 g/mol. The molecule has 0 atom stereocenters. The van der Waals surface area contributed by atoms with E-state index in [4.69, 9.17) is 4.74 Å². The van der Waals surface area contributed by atoms with Gasteiger partial charge in [0.1, 0.15) is 12.3 Å². The van der Waals surface area contributed by atoms with Crippen molar-refractivity contribution < 1.29 is 23.1 Å². The number of hydrogen-bond donors (Lipinski definition) is 2. The molecule has 126 valence electrons. The Morgan fingerprint density at radius 1 is 1.29 bits per heavy atom. The molecule has 1 aromatic carbocycles. The number of nitrogens with one attached hydrogen (secondary N) is 1. The van der Waals surface area contributed by atoms with E-state index in [1.165, 1.54) is 13.2 Å². The number of hydrogen-bond acceptors (Lipinski definition) is 6. The van der Waals surface area contributed by atoms with Crippen LogP contribution in [0.2, 0.25) is 0 Å². The largest absolute Gasteiger partial charge is 0.506 e. The molecule has 0 saturated carbocycles. The van der Waals surface area contributed by atoms with Crippen molar-refractivity contribution in [1.82, 2.24) is 9.71 Å².